The Bertz CT molecular complexity index is 922. The number of ether oxygens (including phenoxy) is 1. The van der Waals surface area contributed by atoms with E-state index in [4.69, 9.17) is 4.74 Å². The van der Waals surface area contributed by atoms with Crippen molar-refractivity contribution in [1.29, 1.82) is 0 Å². The van der Waals surface area contributed by atoms with Gasteiger partial charge in [0, 0.05) is 18.5 Å². The summed E-state index contributed by atoms with van der Waals surface area (Å²) in [5.74, 6) is -0.133. The number of allylic oxidation sites excluding steroid dienone is 2. The highest BCUT2D eigenvalue weighted by Gasteiger charge is 2.46. The SMILES string of the molecule is COC(=O)[C@H](Cc1ccccc1)N1CC2=CCCC=C[C@H]2[C@@H]1[C@@H](O)Cc1ccccc1. The van der Waals surface area contributed by atoms with Gasteiger partial charge in [0.1, 0.15) is 6.04 Å². The zero-order valence-corrected chi connectivity index (χ0v) is 18.1. The minimum atomic E-state index is -0.594. The van der Waals surface area contributed by atoms with Crippen molar-refractivity contribution in [2.24, 2.45) is 5.92 Å². The van der Waals surface area contributed by atoms with Gasteiger partial charge < -0.3 is 9.84 Å². The summed E-state index contributed by atoms with van der Waals surface area (Å²) in [5, 5.41) is 11.4. The Balaban J connectivity index is 1.67. The first-order valence-electron chi connectivity index (χ1n) is 11.1. The van der Waals surface area contributed by atoms with Crippen LogP contribution in [0.15, 0.2) is 84.5 Å². The van der Waals surface area contributed by atoms with Crippen molar-refractivity contribution in [2.75, 3.05) is 13.7 Å². The molecule has 0 amide bonds. The lowest BCUT2D eigenvalue weighted by atomic mass is 9.88. The van der Waals surface area contributed by atoms with Gasteiger partial charge in [0.25, 0.3) is 0 Å². The van der Waals surface area contributed by atoms with E-state index in [1.54, 1.807) is 0 Å². The zero-order chi connectivity index (χ0) is 21.6. The van der Waals surface area contributed by atoms with Crippen LogP contribution in [0.4, 0.5) is 0 Å². The van der Waals surface area contributed by atoms with Crippen LogP contribution in [-0.4, -0.2) is 47.8 Å². The molecule has 2 aromatic carbocycles. The Hall–Kier alpha value is -2.69. The van der Waals surface area contributed by atoms with Crippen molar-refractivity contribution in [3.05, 3.63) is 95.6 Å². The number of hydrogen-bond acceptors (Lipinski definition) is 4. The smallest absolute Gasteiger partial charge is 0.323 e. The average Bonchev–Trinajstić information content (AvgIpc) is 3.00. The molecule has 0 bridgehead atoms. The molecule has 2 aliphatic rings. The molecule has 4 nitrogen and oxygen atoms in total. The first-order valence-corrected chi connectivity index (χ1v) is 11.1. The predicted octanol–water partition coefficient (Wildman–Crippen LogP) is 3.95. The number of benzene rings is 2. The maximum Gasteiger partial charge on any atom is 0.323 e. The number of methoxy groups -OCH3 is 1. The third kappa shape index (κ3) is 4.97. The maximum atomic E-state index is 12.9. The van der Waals surface area contributed by atoms with Crippen LogP contribution in [0.3, 0.4) is 0 Å². The van der Waals surface area contributed by atoms with E-state index in [1.807, 2.05) is 60.7 Å². The molecular weight excluding hydrogens is 386 g/mol. The Kier molecular flexibility index (Phi) is 7.00. The molecule has 31 heavy (non-hydrogen) atoms. The molecule has 0 aromatic heterocycles. The Morgan fingerprint density at radius 3 is 2.32 bits per heavy atom. The lowest BCUT2D eigenvalue weighted by molar-refractivity contribution is -0.148. The van der Waals surface area contributed by atoms with Crippen molar-refractivity contribution < 1.29 is 14.6 Å². The predicted molar refractivity (Wildman–Crippen MR) is 123 cm³/mol. The van der Waals surface area contributed by atoms with E-state index in [2.05, 4.69) is 23.1 Å². The van der Waals surface area contributed by atoms with E-state index < -0.39 is 12.1 Å². The van der Waals surface area contributed by atoms with E-state index in [1.165, 1.54) is 12.7 Å². The molecule has 1 aliphatic heterocycles. The molecule has 0 radical (unpaired) electrons. The lowest BCUT2D eigenvalue weighted by Crippen LogP contribution is -2.52. The van der Waals surface area contributed by atoms with Crippen LogP contribution in [0, 0.1) is 5.92 Å². The highest BCUT2D eigenvalue weighted by atomic mass is 16.5. The van der Waals surface area contributed by atoms with Gasteiger partial charge in [-0.3, -0.25) is 9.69 Å². The minimum Gasteiger partial charge on any atom is -0.468 e. The molecule has 4 heteroatoms. The fraction of sp³-hybridized carbons (Fsp3) is 0.370. The second kappa shape index (κ2) is 10.1. The number of carbonyl (C=O) groups is 1. The Morgan fingerprint density at radius 2 is 1.68 bits per heavy atom. The normalized spacial score (nSPS) is 22.8. The van der Waals surface area contributed by atoms with E-state index in [0.717, 1.165) is 24.0 Å². The summed E-state index contributed by atoms with van der Waals surface area (Å²) in [6.45, 7) is 0.679. The standard InChI is InChI=1S/C27H31NO3/c1-31-27(30)24(17-20-11-5-2-6-12-20)28-19-22-15-9-4-10-16-23(22)26(28)25(29)18-21-13-7-3-8-14-21/h2-3,5-8,10-16,23-26,29H,4,9,17-19H2,1H3/t23-,24+,25+,26-/m1/s1. The van der Waals surface area contributed by atoms with Crippen molar-refractivity contribution in [2.45, 2.75) is 43.9 Å². The summed E-state index contributed by atoms with van der Waals surface area (Å²) in [6.07, 6.45) is 9.28. The third-order valence-electron chi connectivity index (χ3n) is 6.45. The van der Waals surface area contributed by atoms with Gasteiger partial charge >= 0.3 is 5.97 Å². The number of likely N-dealkylation sites (tertiary alicyclic amines) is 1. The Morgan fingerprint density at radius 1 is 1.03 bits per heavy atom. The molecule has 1 fully saturated rings. The summed E-state index contributed by atoms with van der Waals surface area (Å²) >= 11 is 0. The van der Waals surface area contributed by atoms with Crippen LogP contribution < -0.4 is 0 Å². The molecule has 1 heterocycles. The van der Waals surface area contributed by atoms with E-state index in [0.29, 0.717) is 19.4 Å². The first-order chi connectivity index (χ1) is 15.2. The molecule has 162 valence electrons. The number of fused-ring (bicyclic) bond motifs is 1. The van der Waals surface area contributed by atoms with Gasteiger partial charge in [0.2, 0.25) is 0 Å². The van der Waals surface area contributed by atoms with Gasteiger partial charge in [-0.25, -0.2) is 0 Å². The number of aliphatic hydroxyl groups is 1. The quantitative estimate of drug-likeness (QED) is 0.547. The van der Waals surface area contributed by atoms with Crippen LogP contribution in [0.25, 0.3) is 0 Å². The van der Waals surface area contributed by atoms with Crippen molar-refractivity contribution in [3.63, 3.8) is 0 Å². The highest BCUT2D eigenvalue weighted by molar-refractivity contribution is 5.76. The summed E-state index contributed by atoms with van der Waals surface area (Å²) in [5.41, 5.74) is 3.49. The number of hydrogen-bond donors (Lipinski definition) is 1. The van der Waals surface area contributed by atoms with Gasteiger partial charge in [0.05, 0.1) is 13.2 Å². The van der Waals surface area contributed by atoms with Crippen molar-refractivity contribution >= 4 is 5.97 Å². The fourth-order valence-corrected chi connectivity index (χ4v) is 4.96. The van der Waals surface area contributed by atoms with Crippen molar-refractivity contribution in [3.8, 4) is 0 Å². The van der Waals surface area contributed by atoms with Gasteiger partial charge in [-0.1, -0.05) is 84.5 Å². The molecule has 1 N–H and O–H groups in total. The van der Waals surface area contributed by atoms with E-state index in [-0.39, 0.29) is 17.9 Å². The van der Waals surface area contributed by atoms with Gasteiger partial charge in [-0.15, -0.1) is 0 Å². The average molecular weight is 418 g/mol. The molecule has 2 aromatic rings. The highest BCUT2D eigenvalue weighted by Crippen LogP contribution is 2.37. The molecular formula is C27H31NO3. The number of esters is 1. The second-order valence-corrected chi connectivity index (χ2v) is 8.46. The van der Waals surface area contributed by atoms with Crippen molar-refractivity contribution in [1.82, 2.24) is 4.90 Å². The topological polar surface area (TPSA) is 49.8 Å². The zero-order valence-electron chi connectivity index (χ0n) is 18.1. The lowest BCUT2D eigenvalue weighted by Gasteiger charge is -2.35. The van der Waals surface area contributed by atoms with Gasteiger partial charge in [-0.2, -0.15) is 0 Å². The molecule has 0 saturated carbocycles. The summed E-state index contributed by atoms with van der Waals surface area (Å²) in [6, 6.07) is 19.5. The minimum absolute atomic E-state index is 0.115. The largest absolute Gasteiger partial charge is 0.468 e. The molecule has 1 aliphatic carbocycles. The second-order valence-electron chi connectivity index (χ2n) is 8.46. The molecule has 0 spiro atoms. The number of aliphatic hydroxyl groups excluding tert-OH is 1. The molecule has 4 atom stereocenters. The van der Waals surface area contributed by atoms with E-state index in [9.17, 15) is 9.90 Å². The third-order valence-corrected chi connectivity index (χ3v) is 6.45. The maximum absolute atomic E-state index is 12.9. The number of carbonyl (C=O) groups excluding carboxylic acids is 1. The number of nitrogens with zero attached hydrogens (tertiary/aromatic N) is 1. The van der Waals surface area contributed by atoms with Crippen LogP contribution in [0.1, 0.15) is 24.0 Å². The monoisotopic (exact) mass is 417 g/mol. The van der Waals surface area contributed by atoms with Crippen LogP contribution in [0.2, 0.25) is 0 Å². The number of rotatable bonds is 7. The van der Waals surface area contributed by atoms with Crippen LogP contribution >= 0.6 is 0 Å². The Labute approximate surface area is 184 Å². The van der Waals surface area contributed by atoms with Crippen LogP contribution in [0.5, 0.6) is 0 Å². The first kappa shape index (κ1) is 21.5. The summed E-state index contributed by atoms with van der Waals surface area (Å²) in [4.78, 5) is 15.1. The van der Waals surface area contributed by atoms with Crippen LogP contribution in [-0.2, 0) is 22.4 Å². The summed E-state index contributed by atoms with van der Waals surface area (Å²) < 4.78 is 5.22. The fourth-order valence-electron chi connectivity index (χ4n) is 4.96. The van der Waals surface area contributed by atoms with Gasteiger partial charge in [-0.05, 0) is 36.8 Å². The molecule has 4 rings (SSSR count). The van der Waals surface area contributed by atoms with E-state index >= 15 is 0 Å². The van der Waals surface area contributed by atoms with Gasteiger partial charge in [0.15, 0.2) is 0 Å². The summed E-state index contributed by atoms with van der Waals surface area (Å²) in [7, 11) is 1.45. The molecule has 0 unspecified atom stereocenters. The molecule has 1 saturated heterocycles.